The number of rotatable bonds is 1. The van der Waals surface area contributed by atoms with E-state index >= 15 is 0 Å². The smallest absolute Gasteiger partial charge is 0.571 e. The predicted octanol–water partition coefficient (Wildman–Crippen LogP) is -0.466. The van der Waals surface area contributed by atoms with Crippen molar-refractivity contribution in [3.05, 3.63) is 74.7 Å². The number of benzene rings is 2. The third-order valence-corrected chi connectivity index (χ3v) is 5.22. The minimum Gasteiger partial charge on any atom is -0.571 e. The van der Waals surface area contributed by atoms with E-state index < -0.39 is 21.4 Å². The number of halogens is 1. The maximum atomic E-state index is 13.3. The molecule has 7 nitrogen and oxygen atoms in total. The van der Waals surface area contributed by atoms with Crippen LogP contribution in [0.5, 0.6) is 0 Å². The number of nitrogens with zero attached hydrogens (tertiary/aromatic N) is 3. The van der Waals surface area contributed by atoms with Gasteiger partial charge in [-0.1, -0.05) is 23.9 Å². The van der Waals surface area contributed by atoms with Crippen LogP contribution in [0.2, 0.25) is 0 Å². The van der Waals surface area contributed by atoms with E-state index in [1.165, 1.54) is 18.2 Å². The molecule has 4 rings (SSSR count). The first-order valence-electron chi connectivity index (χ1n) is 7.32. The molecule has 0 atom stereocenters. The van der Waals surface area contributed by atoms with E-state index in [2.05, 4.69) is 14.7 Å². The number of aromatic amines is 1. The standard InChI is InChI=1S/C17H9FN4O3S.K/c18-9-5-6-13-11(7-9)17(23)21-16(20-13)12(8-19)15-10-3-1-2-4-14(10)26(24,25)22-15;/h1-7H,(H2,20,21,22,23);/q;+1/p-1. The third-order valence-electron chi connectivity index (χ3n) is 3.88. The topological polar surface area (TPSA) is 118 Å². The largest absolute Gasteiger partial charge is 1.00 e. The summed E-state index contributed by atoms with van der Waals surface area (Å²) in [5, 5.41) is 9.58. The molecule has 0 radical (unpaired) electrons. The molecule has 27 heavy (non-hydrogen) atoms. The number of hydrogen-bond donors (Lipinski definition) is 1. The van der Waals surface area contributed by atoms with Crippen LogP contribution in [0.1, 0.15) is 11.4 Å². The van der Waals surface area contributed by atoms with Crippen LogP contribution in [0.4, 0.5) is 4.39 Å². The van der Waals surface area contributed by atoms with Gasteiger partial charge in [0.15, 0.2) is 0 Å². The van der Waals surface area contributed by atoms with Crippen LogP contribution in [-0.2, 0) is 10.0 Å². The van der Waals surface area contributed by atoms with Gasteiger partial charge in [0.05, 0.1) is 21.4 Å². The van der Waals surface area contributed by atoms with E-state index in [1.807, 2.05) is 6.07 Å². The van der Waals surface area contributed by atoms with Crippen molar-refractivity contribution in [1.82, 2.24) is 9.97 Å². The van der Waals surface area contributed by atoms with Crippen molar-refractivity contribution in [2.75, 3.05) is 0 Å². The fourth-order valence-electron chi connectivity index (χ4n) is 2.73. The summed E-state index contributed by atoms with van der Waals surface area (Å²) in [4.78, 5) is 18.7. The van der Waals surface area contributed by atoms with E-state index in [-0.39, 0.29) is 89.8 Å². The number of nitrogens with one attached hydrogen (secondary N) is 1. The van der Waals surface area contributed by atoms with Crippen LogP contribution in [0.25, 0.3) is 26.9 Å². The normalized spacial score (nSPS) is 16.0. The molecule has 3 aromatic rings. The Kier molecular flexibility index (Phi) is 5.35. The summed E-state index contributed by atoms with van der Waals surface area (Å²) in [5.74, 6) is -0.732. The average Bonchev–Trinajstić information content (AvgIpc) is 2.88. The second kappa shape index (κ2) is 7.27. The Morgan fingerprint density at radius 1 is 1.22 bits per heavy atom. The molecular formula is C17H8FKN4O3S. The van der Waals surface area contributed by atoms with Gasteiger partial charge in [-0.05, 0) is 29.8 Å². The number of H-pyrrole nitrogens is 1. The summed E-state index contributed by atoms with van der Waals surface area (Å²) in [6, 6.07) is 11.4. The van der Waals surface area contributed by atoms with E-state index in [4.69, 9.17) is 0 Å². The van der Waals surface area contributed by atoms with Crippen molar-refractivity contribution in [1.29, 1.82) is 5.26 Å². The van der Waals surface area contributed by atoms with Gasteiger partial charge in [-0.15, -0.1) is 0 Å². The zero-order chi connectivity index (χ0) is 18.5. The van der Waals surface area contributed by atoms with Crippen molar-refractivity contribution < 1.29 is 64.2 Å². The Morgan fingerprint density at radius 3 is 2.70 bits per heavy atom. The Balaban J connectivity index is 0.00000210. The number of allylic oxidation sites excluding steroid dienone is 1. The quantitative estimate of drug-likeness (QED) is 0.433. The summed E-state index contributed by atoms with van der Waals surface area (Å²) in [5.41, 5.74) is -0.500. The van der Waals surface area contributed by atoms with E-state index in [0.29, 0.717) is 0 Å². The molecule has 0 aliphatic carbocycles. The van der Waals surface area contributed by atoms with Crippen LogP contribution < -0.4 is 56.9 Å². The van der Waals surface area contributed by atoms with Crippen molar-refractivity contribution in [3.8, 4) is 6.07 Å². The number of hydrogen-bond acceptors (Lipinski definition) is 5. The molecule has 1 aromatic heterocycles. The van der Waals surface area contributed by atoms with Gasteiger partial charge >= 0.3 is 51.4 Å². The molecule has 0 amide bonds. The molecule has 0 saturated carbocycles. The summed E-state index contributed by atoms with van der Waals surface area (Å²) >= 11 is 0. The molecule has 10 heteroatoms. The number of aromatic nitrogens is 2. The predicted molar refractivity (Wildman–Crippen MR) is 91.7 cm³/mol. The summed E-state index contributed by atoms with van der Waals surface area (Å²) in [7, 11) is -3.93. The van der Waals surface area contributed by atoms with Gasteiger partial charge in [0, 0.05) is 0 Å². The van der Waals surface area contributed by atoms with E-state index in [9.17, 15) is 22.9 Å². The van der Waals surface area contributed by atoms with Gasteiger partial charge in [0.2, 0.25) is 0 Å². The molecule has 0 fully saturated rings. The molecule has 0 bridgehead atoms. The van der Waals surface area contributed by atoms with Gasteiger partial charge in [0.25, 0.3) is 5.56 Å². The van der Waals surface area contributed by atoms with Crippen LogP contribution in [0.3, 0.4) is 0 Å². The molecular weight excluding hydrogens is 398 g/mol. The van der Waals surface area contributed by atoms with Crippen molar-refractivity contribution in [2.24, 2.45) is 0 Å². The second-order valence-electron chi connectivity index (χ2n) is 5.47. The third kappa shape index (κ3) is 3.38. The number of sulfonamides is 1. The zero-order valence-electron chi connectivity index (χ0n) is 13.9. The Bertz CT molecular complexity index is 1330. The maximum absolute atomic E-state index is 13.3. The monoisotopic (exact) mass is 406 g/mol. The molecule has 128 valence electrons. The second-order valence-corrected chi connectivity index (χ2v) is 7.05. The van der Waals surface area contributed by atoms with Gasteiger partial charge in [-0.2, -0.15) is 5.26 Å². The molecule has 1 aliphatic heterocycles. The summed E-state index contributed by atoms with van der Waals surface area (Å²) in [6.07, 6.45) is 0. The average molecular weight is 406 g/mol. The zero-order valence-corrected chi connectivity index (χ0v) is 17.8. The molecule has 2 aromatic carbocycles. The summed E-state index contributed by atoms with van der Waals surface area (Å²) in [6.45, 7) is 0. The van der Waals surface area contributed by atoms with Crippen molar-refractivity contribution in [2.45, 2.75) is 4.90 Å². The van der Waals surface area contributed by atoms with Crippen LogP contribution in [-0.4, -0.2) is 18.4 Å². The first-order valence-corrected chi connectivity index (χ1v) is 8.76. The number of nitriles is 1. The molecule has 1 aliphatic rings. The Morgan fingerprint density at radius 2 is 1.96 bits per heavy atom. The molecule has 0 saturated heterocycles. The number of fused-ring (bicyclic) bond motifs is 2. The van der Waals surface area contributed by atoms with Gasteiger partial charge in [-0.25, -0.2) is 17.8 Å². The summed E-state index contributed by atoms with van der Waals surface area (Å²) < 4.78 is 41.4. The fourth-order valence-corrected chi connectivity index (χ4v) is 3.95. The SMILES string of the molecule is N#C/C(=C1\[N-]S(=O)(=O)c2ccccc21)c1nc2ccc(F)cc2c(=O)[nH]1.[K+]. The molecule has 0 unspecified atom stereocenters. The van der Waals surface area contributed by atoms with Crippen molar-refractivity contribution >= 4 is 32.2 Å². The molecule has 1 N–H and O–H groups in total. The van der Waals surface area contributed by atoms with Gasteiger partial charge in [0.1, 0.15) is 27.7 Å². The maximum Gasteiger partial charge on any atom is 1.00 e. The Hall–Kier alpha value is -1.87. The first kappa shape index (κ1) is 19.9. The van der Waals surface area contributed by atoms with Crippen molar-refractivity contribution in [3.63, 3.8) is 0 Å². The fraction of sp³-hybridized carbons (Fsp3) is 0. The first-order chi connectivity index (χ1) is 12.4. The minimum absolute atomic E-state index is 0. The van der Waals surface area contributed by atoms with E-state index in [0.717, 1.165) is 12.1 Å². The van der Waals surface area contributed by atoms with Gasteiger partial charge in [-0.3, -0.25) is 4.79 Å². The molecule has 2 heterocycles. The van der Waals surface area contributed by atoms with E-state index in [1.54, 1.807) is 12.1 Å². The Labute approximate surface area is 195 Å². The van der Waals surface area contributed by atoms with Crippen LogP contribution >= 0.6 is 0 Å². The molecule has 0 spiro atoms. The van der Waals surface area contributed by atoms with Crippen LogP contribution in [0, 0.1) is 17.1 Å². The van der Waals surface area contributed by atoms with Gasteiger partial charge < -0.3 is 9.71 Å². The van der Waals surface area contributed by atoms with Crippen LogP contribution in [0.15, 0.2) is 52.2 Å². The minimum atomic E-state index is -3.93.